The van der Waals surface area contributed by atoms with Crippen molar-refractivity contribution in [2.45, 2.75) is 32.4 Å². The quantitative estimate of drug-likeness (QED) is 0.372. The zero-order chi connectivity index (χ0) is 23.4. The van der Waals surface area contributed by atoms with E-state index in [9.17, 15) is 19.1 Å². The summed E-state index contributed by atoms with van der Waals surface area (Å²) in [7, 11) is 4.00. The molecule has 2 aromatic rings. The number of halogens is 1. The third-order valence-electron chi connectivity index (χ3n) is 5.16. The Bertz CT molecular complexity index is 1020. The van der Waals surface area contributed by atoms with Gasteiger partial charge in [0.1, 0.15) is 0 Å². The number of carbonyl (C=O) groups is 2. The number of Topliss-reactive ketones (excluding diaryl/α,β-unsaturated/α-hetero) is 1. The Morgan fingerprint density at radius 3 is 2.62 bits per heavy atom. The van der Waals surface area contributed by atoms with E-state index in [2.05, 4.69) is 4.98 Å². The van der Waals surface area contributed by atoms with Crippen LogP contribution in [-0.2, 0) is 9.59 Å². The highest BCUT2D eigenvalue weighted by atomic mass is 19.1. The molecule has 3 rings (SSSR count). The summed E-state index contributed by atoms with van der Waals surface area (Å²) in [4.78, 5) is 32.5. The van der Waals surface area contributed by atoms with Gasteiger partial charge < -0.3 is 19.6 Å². The molecule has 1 aliphatic heterocycles. The molecule has 1 saturated heterocycles. The molecule has 0 bridgehead atoms. The van der Waals surface area contributed by atoms with Gasteiger partial charge in [0.15, 0.2) is 11.6 Å². The predicted molar refractivity (Wildman–Crippen MR) is 115 cm³/mol. The van der Waals surface area contributed by atoms with E-state index in [1.807, 2.05) is 14.1 Å². The lowest BCUT2D eigenvalue weighted by molar-refractivity contribution is -0.858. The minimum absolute atomic E-state index is 0.0109. The lowest BCUT2D eigenvalue weighted by Gasteiger charge is -2.27. The number of amides is 1. The van der Waals surface area contributed by atoms with Crippen LogP contribution in [-0.4, -0.2) is 54.9 Å². The Kier molecular flexibility index (Phi) is 7.25. The SMILES string of the molecule is CC(C)Oc1ccc(C([O-])=C2C(=O)C(=O)N(CCC[NH+](C)C)C2c2cccnc2)cc1F. The van der Waals surface area contributed by atoms with Crippen molar-refractivity contribution < 1.29 is 28.7 Å². The highest BCUT2D eigenvalue weighted by Gasteiger charge is 2.44. The van der Waals surface area contributed by atoms with E-state index in [4.69, 9.17) is 4.74 Å². The van der Waals surface area contributed by atoms with Crippen molar-refractivity contribution in [1.29, 1.82) is 0 Å². The first kappa shape index (κ1) is 23.4. The lowest BCUT2D eigenvalue weighted by atomic mass is 9.96. The molecule has 1 fully saturated rings. The number of benzene rings is 1. The Morgan fingerprint density at radius 1 is 1.28 bits per heavy atom. The summed E-state index contributed by atoms with van der Waals surface area (Å²) in [6.45, 7) is 4.65. The van der Waals surface area contributed by atoms with Crippen LogP contribution >= 0.6 is 0 Å². The first-order chi connectivity index (χ1) is 15.2. The molecular formula is C24H28FN3O4. The topological polar surface area (TPSA) is 87.0 Å². The Balaban J connectivity index is 2.05. The van der Waals surface area contributed by atoms with Crippen LogP contribution in [0.15, 0.2) is 48.3 Å². The van der Waals surface area contributed by atoms with Crippen LogP contribution in [0.25, 0.3) is 5.76 Å². The number of ether oxygens (including phenoxy) is 1. The first-order valence-corrected chi connectivity index (χ1v) is 10.6. The van der Waals surface area contributed by atoms with Crippen molar-refractivity contribution >= 4 is 17.4 Å². The maximum Gasteiger partial charge on any atom is 0.295 e. The second-order valence-electron chi connectivity index (χ2n) is 8.38. The molecule has 7 nitrogen and oxygen atoms in total. The van der Waals surface area contributed by atoms with E-state index in [-0.39, 0.29) is 23.0 Å². The minimum atomic E-state index is -0.858. The third kappa shape index (κ3) is 4.96. The summed E-state index contributed by atoms with van der Waals surface area (Å²) in [6, 6.07) is 6.37. The number of nitrogens with zero attached hydrogens (tertiary/aromatic N) is 2. The zero-order valence-electron chi connectivity index (χ0n) is 18.7. The molecule has 0 saturated carbocycles. The fourth-order valence-electron chi connectivity index (χ4n) is 3.74. The number of carbonyl (C=O) groups excluding carboxylic acids is 2. The van der Waals surface area contributed by atoms with E-state index >= 15 is 0 Å². The van der Waals surface area contributed by atoms with Crippen LogP contribution in [0.4, 0.5) is 4.39 Å². The number of quaternary nitrogens is 1. The van der Waals surface area contributed by atoms with E-state index in [1.54, 1.807) is 32.2 Å². The average Bonchev–Trinajstić information content (AvgIpc) is 2.99. The van der Waals surface area contributed by atoms with Crippen molar-refractivity contribution in [3.8, 4) is 5.75 Å². The number of likely N-dealkylation sites (tertiary alicyclic amines) is 1. The van der Waals surface area contributed by atoms with Crippen molar-refractivity contribution in [3.63, 3.8) is 0 Å². The number of hydrogen-bond acceptors (Lipinski definition) is 5. The van der Waals surface area contributed by atoms with Gasteiger partial charge in [0, 0.05) is 30.9 Å². The molecule has 0 aliphatic carbocycles. The largest absolute Gasteiger partial charge is 0.872 e. The van der Waals surface area contributed by atoms with Gasteiger partial charge in [0.2, 0.25) is 5.78 Å². The number of pyridine rings is 1. The van der Waals surface area contributed by atoms with Gasteiger partial charge in [-0.15, -0.1) is 0 Å². The number of ketones is 1. The maximum absolute atomic E-state index is 14.5. The van der Waals surface area contributed by atoms with Crippen LogP contribution in [0.1, 0.15) is 37.4 Å². The smallest absolute Gasteiger partial charge is 0.295 e. The summed E-state index contributed by atoms with van der Waals surface area (Å²) in [5.74, 6) is -2.94. The summed E-state index contributed by atoms with van der Waals surface area (Å²) < 4.78 is 19.9. The molecule has 1 aromatic heterocycles. The predicted octanol–water partition coefficient (Wildman–Crippen LogP) is 0.767. The van der Waals surface area contributed by atoms with Gasteiger partial charge in [-0.05, 0) is 43.2 Å². The number of nitrogens with one attached hydrogen (secondary N) is 1. The molecule has 1 N–H and O–H groups in total. The molecular weight excluding hydrogens is 413 g/mol. The number of rotatable bonds is 8. The van der Waals surface area contributed by atoms with Gasteiger partial charge in [0.05, 0.1) is 32.8 Å². The molecule has 0 spiro atoms. The van der Waals surface area contributed by atoms with Crippen LogP contribution < -0.4 is 14.7 Å². The minimum Gasteiger partial charge on any atom is -0.872 e. The molecule has 1 atom stereocenters. The monoisotopic (exact) mass is 441 g/mol. The summed E-state index contributed by atoms with van der Waals surface area (Å²) in [5.41, 5.74) is 0.368. The molecule has 1 aliphatic rings. The van der Waals surface area contributed by atoms with Crippen molar-refractivity contribution in [3.05, 3.63) is 65.2 Å². The summed E-state index contributed by atoms with van der Waals surface area (Å²) >= 11 is 0. The van der Waals surface area contributed by atoms with E-state index in [1.165, 1.54) is 28.1 Å². The second-order valence-corrected chi connectivity index (χ2v) is 8.38. The van der Waals surface area contributed by atoms with Gasteiger partial charge in [-0.25, -0.2) is 4.39 Å². The first-order valence-electron chi connectivity index (χ1n) is 10.6. The molecule has 1 aromatic carbocycles. The Labute approximate surface area is 187 Å². The van der Waals surface area contributed by atoms with Crippen LogP contribution in [0.2, 0.25) is 0 Å². The number of aromatic nitrogens is 1. The third-order valence-corrected chi connectivity index (χ3v) is 5.16. The van der Waals surface area contributed by atoms with Gasteiger partial charge >= 0.3 is 0 Å². The van der Waals surface area contributed by atoms with Crippen LogP contribution in [0.3, 0.4) is 0 Å². The molecule has 8 heteroatoms. The second kappa shape index (κ2) is 9.91. The van der Waals surface area contributed by atoms with Gasteiger partial charge in [0.25, 0.3) is 5.91 Å². The normalized spacial score (nSPS) is 18.1. The average molecular weight is 442 g/mol. The fourth-order valence-corrected chi connectivity index (χ4v) is 3.74. The Hall–Kier alpha value is -3.26. The molecule has 0 radical (unpaired) electrons. The van der Waals surface area contributed by atoms with E-state index in [0.29, 0.717) is 18.5 Å². The molecule has 1 amide bonds. The van der Waals surface area contributed by atoms with E-state index < -0.39 is 29.3 Å². The van der Waals surface area contributed by atoms with Crippen molar-refractivity contribution in [2.75, 3.05) is 27.2 Å². The van der Waals surface area contributed by atoms with Crippen LogP contribution in [0, 0.1) is 5.82 Å². The molecule has 170 valence electrons. The lowest BCUT2D eigenvalue weighted by Crippen LogP contribution is -3.05. The zero-order valence-corrected chi connectivity index (χ0v) is 18.7. The highest BCUT2D eigenvalue weighted by molar-refractivity contribution is 6.46. The molecule has 2 heterocycles. The molecule has 32 heavy (non-hydrogen) atoms. The number of hydrogen-bond donors (Lipinski definition) is 1. The van der Waals surface area contributed by atoms with Crippen molar-refractivity contribution in [1.82, 2.24) is 9.88 Å². The highest BCUT2D eigenvalue weighted by Crippen LogP contribution is 2.38. The fraction of sp³-hybridized carbons (Fsp3) is 0.375. The van der Waals surface area contributed by atoms with Crippen LogP contribution in [0.5, 0.6) is 5.75 Å². The standard InChI is InChI=1S/C24H28FN3O4/c1-15(2)32-19-9-8-16(13-18(19)25)22(29)20-21(17-7-5-10-26-14-17)28(24(31)23(20)30)12-6-11-27(3)4/h5,7-10,13-15,21,29H,6,11-12H2,1-4H3. The molecule has 1 unspecified atom stereocenters. The van der Waals surface area contributed by atoms with Gasteiger partial charge in [-0.1, -0.05) is 17.9 Å². The van der Waals surface area contributed by atoms with Gasteiger partial charge in [-0.2, -0.15) is 0 Å². The summed E-state index contributed by atoms with van der Waals surface area (Å²) in [6.07, 6.45) is 3.54. The Morgan fingerprint density at radius 2 is 2.03 bits per heavy atom. The van der Waals surface area contributed by atoms with Gasteiger partial charge in [-0.3, -0.25) is 14.6 Å². The van der Waals surface area contributed by atoms with Crippen molar-refractivity contribution in [2.24, 2.45) is 0 Å². The van der Waals surface area contributed by atoms with E-state index in [0.717, 1.165) is 12.6 Å². The summed E-state index contributed by atoms with van der Waals surface area (Å²) in [5, 5.41) is 13.3. The maximum atomic E-state index is 14.5.